The molecular formula is C9H34N3O30P10+. The summed E-state index contributed by atoms with van der Waals surface area (Å²) in [6.45, 7) is -9.46. The van der Waals surface area contributed by atoms with Gasteiger partial charge in [-0.1, -0.05) is 0 Å². The van der Waals surface area contributed by atoms with E-state index < -0.39 is 139 Å². The maximum absolute atomic E-state index is 12.6. The van der Waals surface area contributed by atoms with Gasteiger partial charge in [-0.2, -0.15) is 0 Å². The van der Waals surface area contributed by atoms with Crippen LogP contribution < -0.4 is 5.32 Å². The van der Waals surface area contributed by atoms with Crippen molar-refractivity contribution in [1.29, 1.82) is 0 Å². The topological polar surface area (TPSA) is 591 Å². The van der Waals surface area contributed by atoms with Crippen molar-refractivity contribution in [3.63, 3.8) is 0 Å². The van der Waals surface area contributed by atoms with E-state index in [1.165, 1.54) is 5.32 Å². The Morgan fingerprint density at radius 1 is 0.385 bits per heavy atom. The number of hydrogen-bond donors (Lipinski definition) is 21. The Balaban J connectivity index is 8.76. The van der Waals surface area contributed by atoms with E-state index in [-0.39, 0.29) is 0 Å². The summed E-state index contributed by atoms with van der Waals surface area (Å²) in [6.07, 6.45) is 0. The van der Waals surface area contributed by atoms with Crippen molar-refractivity contribution in [2.45, 2.75) is 27.6 Å². The summed E-state index contributed by atoms with van der Waals surface area (Å²) in [6, 6.07) is 0. The molecule has 21 N–H and O–H groups in total. The maximum Gasteiger partial charge on any atom is 0.395 e. The number of quaternary nitrogens is 1. The van der Waals surface area contributed by atoms with Gasteiger partial charge in [-0.25, -0.2) is 4.90 Å². The first kappa shape index (κ1) is 53.4. The molecule has 0 radical (unpaired) electrons. The van der Waals surface area contributed by atoms with Crippen LogP contribution in [0.1, 0.15) is 0 Å². The molecule has 0 saturated carbocycles. The quantitative estimate of drug-likeness (QED) is 0.0378. The van der Waals surface area contributed by atoms with E-state index in [1.807, 2.05) is 0 Å². The summed E-state index contributed by atoms with van der Waals surface area (Å²) in [5.74, 6) is 0. The van der Waals surface area contributed by atoms with Gasteiger partial charge in [-0.3, -0.25) is 55.5 Å². The van der Waals surface area contributed by atoms with Crippen LogP contribution >= 0.6 is 76.0 Å². The maximum atomic E-state index is 12.6. The summed E-state index contributed by atoms with van der Waals surface area (Å²) in [4.78, 5) is 194. The monoisotopic (exact) mass is 974 g/mol. The van der Waals surface area contributed by atoms with Gasteiger partial charge in [-0.15, -0.1) is 0 Å². The fraction of sp³-hybridized carbons (Fsp3) is 1.00. The molecule has 43 heteroatoms. The standard InChI is InChI=1S/C9H33N3O30P10/c13-43(14,15)5(44(16,17)18)10-1-3-12(8(49(31,32)33)50(34,35)36,9(51(37,38)39)52(40,41)42)4-2-11(6(45(19,20)21)46(22,23)24)7(47(25,26)27)48(28,29)30/h5-10H,1-4H2,(H19-,13,14,15,16,17,18,19,20,21,22,23,24,25,26,27,28,29,30,31,32,33,34,35,36,37,38,39,40,41,42)/p+1. The molecule has 0 unspecified atom stereocenters. The van der Waals surface area contributed by atoms with E-state index in [1.54, 1.807) is 0 Å². The molecule has 0 aromatic rings. The third kappa shape index (κ3) is 14.6. The van der Waals surface area contributed by atoms with Crippen molar-refractivity contribution in [3.05, 3.63) is 0 Å². The minimum atomic E-state index is -7.02. The molecule has 0 aliphatic rings. The molecule has 0 aliphatic carbocycles. The summed E-state index contributed by atoms with van der Waals surface area (Å²) >= 11 is 0. The van der Waals surface area contributed by atoms with E-state index in [0.717, 1.165) is 0 Å². The van der Waals surface area contributed by atoms with E-state index in [9.17, 15) is 144 Å². The Bertz CT molecular complexity index is 1560. The van der Waals surface area contributed by atoms with E-state index >= 15 is 0 Å². The van der Waals surface area contributed by atoms with Crippen LogP contribution in [0.15, 0.2) is 0 Å². The highest BCUT2D eigenvalue weighted by Gasteiger charge is 2.70. The zero-order valence-corrected chi connectivity index (χ0v) is 33.6. The first-order chi connectivity index (χ1) is 22.2. The predicted octanol–water partition coefficient (Wildman–Crippen LogP) is -5.11. The molecule has 0 aromatic heterocycles. The SMILES string of the molecule is O=P(O)(O)C(NCC[N+](CCN(C(P(=O)(O)O)P(=O)(O)O)C(P(=O)(O)O)P(=O)(O)O)(C(P(=O)(O)O)P(=O)(O)O)C(P(=O)(O)O)P(=O)(O)O)P(=O)(O)O. The van der Waals surface area contributed by atoms with Gasteiger partial charge in [0.05, 0.1) is 19.6 Å². The Hall–Kier alpha value is 1.38. The van der Waals surface area contributed by atoms with Gasteiger partial charge in [0.25, 0.3) is 11.0 Å². The lowest BCUT2D eigenvalue weighted by Gasteiger charge is -2.49. The minimum Gasteiger partial charge on any atom is -0.323 e. The fourth-order valence-corrected chi connectivity index (χ4v) is 20.7. The lowest BCUT2D eigenvalue weighted by molar-refractivity contribution is -0.928. The lowest BCUT2D eigenvalue weighted by atomic mass is 10.4. The average Bonchev–Trinajstić information content (AvgIpc) is 2.70. The first-order valence-electron chi connectivity index (χ1n) is 12.0. The molecule has 0 atom stereocenters. The van der Waals surface area contributed by atoms with Crippen molar-refractivity contribution in [3.8, 4) is 0 Å². The number of nitrogens with one attached hydrogen (secondary N) is 1. The van der Waals surface area contributed by atoms with Crippen LogP contribution in [0.5, 0.6) is 0 Å². The predicted molar refractivity (Wildman–Crippen MR) is 164 cm³/mol. The van der Waals surface area contributed by atoms with Gasteiger partial charge in [-0.05, 0) is 0 Å². The van der Waals surface area contributed by atoms with E-state index in [0.29, 0.717) is 0 Å². The minimum absolute atomic E-state index is 1.24. The molecule has 52 heavy (non-hydrogen) atoms. The number of nitrogens with zero attached hydrogens (tertiary/aromatic N) is 2. The summed E-state index contributed by atoms with van der Waals surface area (Å²) in [5, 5.41) is 1.24. The third-order valence-electron chi connectivity index (χ3n) is 6.19. The van der Waals surface area contributed by atoms with Gasteiger partial charge >= 0.3 is 76.0 Å². The molecule has 0 aliphatic heterocycles. The van der Waals surface area contributed by atoms with E-state index in [4.69, 9.17) is 0 Å². The fourth-order valence-electron chi connectivity index (χ4n) is 4.94. The van der Waals surface area contributed by atoms with Crippen molar-refractivity contribution >= 4 is 76.0 Å². The van der Waals surface area contributed by atoms with Crippen LogP contribution in [-0.2, 0) is 45.7 Å². The Labute approximate surface area is 287 Å². The van der Waals surface area contributed by atoms with Crippen molar-refractivity contribution in [1.82, 2.24) is 10.2 Å². The molecule has 0 spiro atoms. The van der Waals surface area contributed by atoms with Gasteiger partial charge in [0, 0.05) is 6.54 Å². The number of rotatable bonds is 21. The van der Waals surface area contributed by atoms with Crippen LogP contribution in [-0.4, -0.2) is 161 Å². The molecule has 0 bridgehead atoms. The molecule has 0 heterocycles. The molecule has 314 valence electrons. The highest BCUT2D eigenvalue weighted by molar-refractivity contribution is 7.73. The van der Waals surface area contributed by atoms with Crippen molar-refractivity contribution in [2.75, 3.05) is 26.2 Å². The van der Waals surface area contributed by atoms with Crippen molar-refractivity contribution in [2.24, 2.45) is 0 Å². The molecule has 0 aromatic carbocycles. The Morgan fingerprint density at radius 3 is 0.827 bits per heavy atom. The highest BCUT2D eigenvalue weighted by Crippen LogP contribution is 2.73. The van der Waals surface area contributed by atoms with Crippen LogP contribution in [0.3, 0.4) is 0 Å². The van der Waals surface area contributed by atoms with E-state index in [2.05, 4.69) is 0 Å². The largest absolute Gasteiger partial charge is 0.395 e. The molecular weight excluding hydrogens is 940 g/mol. The molecule has 0 saturated heterocycles. The normalized spacial score (nSPS) is 16.0. The van der Waals surface area contributed by atoms with Crippen LogP contribution in [0, 0.1) is 0 Å². The van der Waals surface area contributed by atoms with Gasteiger partial charge in [0.15, 0.2) is 0 Å². The summed E-state index contributed by atoms with van der Waals surface area (Å²) in [5.41, 5.74) is -20.7. The Kier molecular flexibility index (Phi) is 17.4. The van der Waals surface area contributed by atoms with Crippen LogP contribution in [0.25, 0.3) is 0 Å². The second kappa shape index (κ2) is 16.9. The Morgan fingerprint density at radius 2 is 0.635 bits per heavy atom. The molecule has 33 nitrogen and oxygen atoms in total. The zero-order chi connectivity index (χ0) is 42.5. The highest BCUT2D eigenvalue weighted by atomic mass is 31.3. The van der Waals surface area contributed by atoms with Gasteiger partial charge in [0.1, 0.15) is 0 Å². The lowest BCUT2D eigenvalue weighted by Crippen LogP contribution is -2.65. The molecule has 0 rings (SSSR count). The average molecular weight is 974 g/mol. The zero-order valence-electron chi connectivity index (χ0n) is 24.6. The molecule has 0 fully saturated rings. The first-order valence-corrected chi connectivity index (χ1v) is 28.8. The van der Waals surface area contributed by atoms with Crippen LogP contribution in [0.2, 0.25) is 0 Å². The summed E-state index contributed by atoms with van der Waals surface area (Å²) in [7, 11) is -67.6. The van der Waals surface area contributed by atoms with Gasteiger partial charge in [0.2, 0.25) is 16.6 Å². The molecule has 0 amide bonds. The number of hydrogen-bond acceptors (Lipinski definition) is 12. The van der Waals surface area contributed by atoms with Gasteiger partial charge < -0.3 is 97.9 Å². The van der Waals surface area contributed by atoms with Crippen molar-refractivity contribution < 1.29 is 148 Å². The smallest absolute Gasteiger partial charge is 0.323 e. The second-order valence-electron chi connectivity index (χ2n) is 10.4. The summed E-state index contributed by atoms with van der Waals surface area (Å²) < 4.78 is 119. The third-order valence-corrected chi connectivity index (χ3v) is 24.7. The van der Waals surface area contributed by atoms with Crippen LogP contribution in [0.4, 0.5) is 0 Å². The second-order valence-corrected chi connectivity index (χ2v) is 29.2.